The molecule has 0 spiro atoms. The van der Waals surface area contributed by atoms with Gasteiger partial charge in [0, 0.05) is 0 Å². The highest BCUT2D eigenvalue weighted by molar-refractivity contribution is 8.46. The van der Waals surface area contributed by atoms with Crippen molar-refractivity contribution < 1.29 is 0 Å². The van der Waals surface area contributed by atoms with Crippen molar-refractivity contribution in [3.8, 4) is 0 Å². The van der Waals surface area contributed by atoms with Crippen LogP contribution in [0.25, 0.3) is 0 Å². The van der Waals surface area contributed by atoms with Crippen molar-refractivity contribution >= 4 is 39.3 Å². The summed E-state index contributed by atoms with van der Waals surface area (Å²) in [7, 11) is 0. The van der Waals surface area contributed by atoms with E-state index < -0.39 is 0 Å². The van der Waals surface area contributed by atoms with E-state index in [0.29, 0.717) is 0 Å². The van der Waals surface area contributed by atoms with Crippen LogP contribution in [0.3, 0.4) is 0 Å². The third kappa shape index (κ3) is 12.1. The van der Waals surface area contributed by atoms with Gasteiger partial charge in [0.15, 0.2) is 0 Å². The van der Waals surface area contributed by atoms with E-state index in [1.54, 1.807) is 23.5 Å². The maximum absolute atomic E-state index is 4.88. The first-order chi connectivity index (χ1) is 4.31. The summed E-state index contributed by atoms with van der Waals surface area (Å²) in [5.74, 6) is 1.10. The summed E-state index contributed by atoms with van der Waals surface area (Å²) in [4.78, 5) is 0. The molecule has 0 N–H and O–H groups in total. The first-order valence-electron chi connectivity index (χ1n) is 3.02. The van der Waals surface area contributed by atoms with Gasteiger partial charge in [-0.25, -0.2) is 0 Å². The minimum atomic E-state index is 1.04. The van der Waals surface area contributed by atoms with E-state index in [1.807, 2.05) is 20.1 Å². The fourth-order valence-corrected chi connectivity index (χ4v) is 1.59. The highest BCUT2D eigenvalue weighted by atomic mass is 32.2. The van der Waals surface area contributed by atoms with Crippen LogP contribution in [0.15, 0.2) is 0 Å². The minimum absolute atomic E-state index is 1.04. The van der Waals surface area contributed by atoms with E-state index in [2.05, 4.69) is 6.92 Å². The Labute approximate surface area is 72.2 Å². The molecule has 9 heavy (non-hydrogen) atoms. The van der Waals surface area contributed by atoms with Gasteiger partial charge in [-0.15, -0.1) is 23.5 Å². The van der Waals surface area contributed by atoms with Crippen molar-refractivity contribution in [1.82, 2.24) is 0 Å². The molecular weight excluding hydrogens is 168 g/mol. The molecule has 0 saturated heterocycles. The number of thioether (sulfide) groups is 2. The average Bonchev–Trinajstić information content (AvgIpc) is 1.93. The van der Waals surface area contributed by atoms with E-state index in [1.165, 1.54) is 0 Å². The SMILES string of the molecule is CC.CCSC(=S)SC. The first kappa shape index (κ1) is 12.5. The monoisotopic (exact) mass is 182 g/mol. The van der Waals surface area contributed by atoms with Crippen LogP contribution in [0.5, 0.6) is 0 Å². The maximum Gasteiger partial charge on any atom is 0.103 e. The summed E-state index contributed by atoms with van der Waals surface area (Å²) in [5, 5.41) is 0. The lowest BCUT2D eigenvalue weighted by atomic mass is 11.0. The normalized spacial score (nSPS) is 7.56. The molecule has 0 aliphatic rings. The van der Waals surface area contributed by atoms with Gasteiger partial charge >= 0.3 is 0 Å². The van der Waals surface area contributed by atoms with E-state index in [4.69, 9.17) is 12.2 Å². The summed E-state index contributed by atoms with van der Waals surface area (Å²) in [5.41, 5.74) is 0. The molecule has 0 amide bonds. The Morgan fingerprint density at radius 2 is 1.89 bits per heavy atom. The molecule has 0 radical (unpaired) electrons. The van der Waals surface area contributed by atoms with Crippen molar-refractivity contribution in [2.45, 2.75) is 20.8 Å². The lowest BCUT2D eigenvalue weighted by Gasteiger charge is -1.90. The average molecular weight is 182 g/mol. The zero-order valence-corrected chi connectivity index (χ0v) is 8.88. The van der Waals surface area contributed by atoms with Crippen LogP contribution in [0, 0.1) is 0 Å². The molecule has 0 aromatic carbocycles. The van der Waals surface area contributed by atoms with Crippen molar-refractivity contribution in [3.05, 3.63) is 0 Å². The molecule has 0 atom stereocenters. The molecular formula is C6H14S3. The number of thiocarbonyl (C=S) groups is 1. The second-order valence-electron chi connectivity index (χ2n) is 0.887. The Hall–Kier alpha value is 0.790. The second kappa shape index (κ2) is 11.6. The molecule has 56 valence electrons. The summed E-state index contributed by atoms with van der Waals surface area (Å²) >= 11 is 8.25. The van der Waals surface area contributed by atoms with Gasteiger partial charge in [-0.3, -0.25) is 0 Å². The molecule has 0 rings (SSSR count). The predicted octanol–water partition coefficient (Wildman–Crippen LogP) is 3.41. The zero-order valence-electron chi connectivity index (χ0n) is 6.43. The van der Waals surface area contributed by atoms with Crippen LogP contribution in [0.1, 0.15) is 20.8 Å². The van der Waals surface area contributed by atoms with E-state index in [9.17, 15) is 0 Å². The smallest absolute Gasteiger partial charge is 0.103 e. The number of hydrogen-bond donors (Lipinski definition) is 0. The number of rotatable bonds is 1. The Balaban J connectivity index is 0. The molecule has 0 aromatic heterocycles. The molecule has 0 heterocycles. The van der Waals surface area contributed by atoms with Crippen LogP contribution < -0.4 is 0 Å². The summed E-state index contributed by atoms with van der Waals surface area (Å²) in [6.45, 7) is 6.10. The minimum Gasteiger partial charge on any atom is -0.111 e. The molecule has 0 fully saturated rings. The fourth-order valence-electron chi connectivity index (χ4n) is 0.177. The van der Waals surface area contributed by atoms with Crippen LogP contribution in [-0.4, -0.2) is 15.5 Å². The van der Waals surface area contributed by atoms with Gasteiger partial charge in [-0.05, 0) is 12.0 Å². The van der Waals surface area contributed by atoms with Gasteiger partial charge in [0.1, 0.15) is 3.53 Å². The van der Waals surface area contributed by atoms with Crippen LogP contribution in [0.4, 0.5) is 0 Å². The lowest BCUT2D eigenvalue weighted by molar-refractivity contribution is 1.50. The van der Waals surface area contributed by atoms with Gasteiger partial charge in [0.05, 0.1) is 0 Å². The van der Waals surface area contributed by atoms with Crippen molar-refractivity contribution in [3.63, 3.8) is 0 Å². The summed E-state index contributed by atoms with van der Waals surface area (Å²) in [6.07, 6.45) is 2.00. The standard InChI is InChI=1S/C4H8S3.C2H6/c1-3-7-4(5)6-2;1-2/h3H2,1-2H3;1-2H3. The summed E-state index contributed by atoms with van der Waals surface area (Å²) in [6, 6.07) is 0. The van der Waals surface area contributed by atoms with Crippen LogP contribution in [-0.2, 0) is 0 Å². The fraction of sp³-hybridized carbons (Fsp3) is 0.833. The van der Waals surface area contributed by atoms with Crippen LogP contribution in [0.2, 0.25) is 0 Å². The molecule has 0 nitrogen and oxygen atoms in total. The highest BCUT2D eigenvalue weighted by Gasteiger charge is 1.87. The van der Waals surface area contributed by atoms with Gasteiger partial charge in [-0.1, -0.05) is 33.0 Å². The highest BCUT2D eigenvalue weighted by Crippen LogP contribution is 2.12. The van der Waals surface area contributed by atoms with Crippen LogP contribution >= 0.6 is 35.7 Å². The van der Waals surface area contributed by atoms with E-state index in [0.717, 1.165) is 9.28 Å². The zero-order chi connectivity index (χ0) is 7.70. The summed E-state index contributed by atoms with van der Waals surface area (Å²) < 4.78 is 1.04. The van der Waals surface area contributed by atoms with Crippen molar-refractivity contribution in [2.24, 2.45) is 0 Å². The third-order valence-corrected chi connectivity index (χ3v) is 2.99. The Kier molecular flexibility index (Phi) is 16.0. The quantitative estimate of drug-likeness (QED) is 0.570. The molecule has 0 bridgehead atoms. The van der Waals surface area contributed by atoms with Crippen molar-refractivity contribution in [1.29, 1.82) is 0 Å². The molecule has 0 aromatic rings. The Bertz CT molecular complexity index is 61.3. The third-order valence-electron chi connectivity index (χ3n) is 0.429. The molecule has 0 aliphatic carbocycles. The predicted molar refractivity (Wildman–Crippen MR) is 55.6 cm³/mol. The molecule has 0 saturated carbocycles. The molecule has 3 heteroatoms. The van der Waals surface area contributed by atoms with Gasteiger partial charge in [-0.2, -0.15) is 0 Å². The van der Waals surface area contributed by atoms with E-state index >= 15 is 0 Å². The topological polar surface area (TPSA) is 0 Å². The van der Waals surface area contributed by atoms with Crippen molar-refractivity contribution in [2.75, 3.05) is 12.0 Å². The Morgan fingerprint density at radius 1 is 1.44 bits per heavy atom. The second-order valence-corrected chi connectivity index (χ2v) is 4.16. The largest absolute Gasteiger partial charge is 0.111 e. The lowest BCUT2D eigenvalue weighted by Crippen LogP contribution is -1.75. The first-order valence-corrected chi connectivity index (χ1v) is 5.63. The molecule has 0 aliphatic heterocycles. The maximum atomic E-state index is 4.88. The number of hydrogen-bond acceptors (Lipinski definition) is 3. The van der Waals surface area contributed by atoms with Gasteiger partial charge in [0.25, 0.3) is 0 Å². The van der Waals surface area contributed by atoms with E-state index in [-0.39, 0.29) is 0 Å². The van der Waals surface area contributed by atoms with Gasteiger partial charge in [0.2, 0.25) is 0 Å². The molecule has 0 unspecified atom stereocenters. The Morgan fingerprint density at radius 3 is 2.00 bits per heavy atom. The van der Waals surface area contributed by atoms with Gasteiger partial charge < -0.3 is 0 Å².